The Labute approximate surface area is 286 Å². The van der Waals surface area contributed by atoms with E-state index in [0.717, 1.165) is 6.42 Å². The van der Waals surface area contributed by atoms with Crippen molar-refractivity contribution in [2.75, 3.05) is 0 Å². The summed E-state index contributed by atoms with van der Waals surface area (Å²) in [6.07, 6.45) is 6.95. The summed E-state index contributed by atoms with van der Waals surface area (Å²) >= 11 is 1.46. The van der Waals surface area contributed by atoms with Crippen LogP contribution < -0.4 is 24.8 Å². The van der Waals surface area contributed by atoms with Crippen LogP contribution in [0, 0.1) is 31.3 Å². The van der Waals surface area contributed by atoms with Crippen LogP contribution in [0.25, 0.3) is 21.5 Å². The molecule has 0 amide bonds. The smallest absolute Gasteiger partial charge is 0.0771 e. The first-order chi connectivity index (χ1) is 19.6. The zero-order valence-corrected chi connectivity index (χ0v) is 30.4. The molecule has 1 unspecified atom stereocenters. The van der Waals surface area contributed by atoms with Gasteiger partial charge in [0.05, 0.1) is 0 Å². The third kappa shape index (κ3) is 9.78. The first-order valence-corrected chi connectivity index (χ1v) is 15.9. The molecule has 0 aromatic heterocycles. The summed E-state index contributed by atoms with van der Waals surface area (Å²) in [5.41, 5.74) is 8.53. The third-order valence-electron chi connectivity index (χ3n) is 7.51. The van der Waals surface area contributed by atoms with Crippen molar-refractivity contribution in [1.82, 2.24) is 0 Å². The second-order valence-corrected chi connectivity index (χ2v) is 13.3. The van der Waals surface area contributed by atoms with Crippen LogP contribution in [0.1, 0.15) is 63.3 Å². The molecule has 1 aliphatic carbocycles. The van der Waals surface area contributed by atoms with E-state index in [1.54, 1.807) is 0 Å². The molecule has 1 atom stereocenters. The van der Waals surface area contributed by atoms with E-state index in [1.807, 2.05) is 0 Å². The molecule has 5 aromatic carbocycles. The molecule has 0 bridgehead atoms. The second kappa shape index (κ2) is 16.6. The summed E-state index contributed by atoms with van der Waals surface area (Å²) in [6.45, 7) is 15.5. The summed E-state index contributed by atoms with van der Waals surface area (Å²) in [5, 5.41) is 5.39. The van der Waals surface area contributed by atoms with Gasteiger partial charge in [0.1, 0.15) is 0 Å². The van der Waals surface area contributed by atoms with Crippen molar-refractivity contribution in [2.24, 2.45) is 11.3 Å². The van der Waals surface area contributed by atoms with Gasteiger partial charge in [-0.05, 0) is 0 Å². The maximum absolute atomic E-state index is 3.48. The molecule has 3 heteroatoms. The average molecular weight is 685 g/mol. The predicted octanol–water partition coefficient (Wildman–Crippen LogP) is 4.89. The largest absolute Gasteiger partial charge is 1.00 e. The number of hydrogen-bond acceptors (Lipinski definition) is 0. The van der Waals surface area contributed by atoms with E-state index in [4.69, 9.17) is 0 Å². The van der Waals surface area contributed by atoms with E-state index in [9.17, 15) is 0 Å². The van der Waals surface area contributed by atoms with Crippen LogP contribution in [0.3, 0.4) is 0 Å². The molecule has 0 aliphatic heterocycles. The van der Waals surface area contributed by atoms with Gasteiger partial charge in [0.2, 0.25) is 0 Å². The van der Waals surface area contributed by atoms with Gasteiger partial charge >= 0.3 is 112 Å². The number of aryl methyl sites for hydroxylation is 2. The van der Waals surface area contributed by atoms with Crippen LogP contribution in [-0.4, -0.2) is 3.21 Å². The molecule has 0 fully saturated rings. The molecule has 0 saturated heterocycles. The van der Waals surface area contributed by atoms with Crippen LogP contribution in [0.15, 0.2) is 120 Å². The van der Waals surface area contributed by atoms with Crippen molar-refractivity contribution in [3.05, 3.63) is 149 Å². The van der Waals surface area contributed by atoms with E-state index >= 15 is 0 Å². The molecule has 0 N–H and O–H groups in total. The summed E-state index contributed by atoms with van der Waals surface area (Å²) in [5.74, 6) is 0.522. The zero-order chi connectivity index (χ0) is 29.6. The van der Waals surface area contributed by atoms with Crippen molar-refractivity contribution in [1.29, 1.82) is 0 Å². The van der Waals surface area contributed by atoms with Crippen LogP contribution in [0.5, 0.6) is 0 Å². The van der Waals surface area contributed by atoms with E-state index in [0.29, 0.717) is 11.3 Å². The van der Waals surface area contributed by atoms with Crippen molar-refractivity contribution in [3.63, 3.8) is 0 Å². The van der Waals surface area contributed by atoms with E-state index in [2.05, 4.69) is 164 Å². The Morgan fingerprint density at radius 2 is 1.14 bits per heavy atom. The van der Waals surface area contributed by atoms with Gasteiger partial charge in [-0.2, -0.15) is 11.6 Å². The fourth-order valence-electron chi connectivity index (χ4n) is 5.25. The molecule has 5 aromatic rings. The fourth-order valence-corrected chi connectivity index (χ4v) is 6.07. The second-order valence-electron chi connectivity index (χ2n) is 12.0. The Balaban J connectivity index is 0.000000222. The van der Waals surface area contributed by atoms with Crippen molar-refractivity contribution < 1.29 is 49.0 Å². The molecule has 0 spiro atoms. The number of hydrogen-bond donors (Lipinski definition) is 0. The molecular formula is C40H42Cl2Zr-2. The van der Waals surface area contributed by atoms with Crippen LogP contribution >= 0.6 is 0 Å². The zero-order valence-electron chi connectivity index (χ0n) is 26.4. The monoisotopic (exact) mass is 682 g/mol. The minimum absolute atomic E-state index is 0. The SMILES string of the molecule is CCC1=[C-]C(C)C=C1C(C)(C)C.Cc1ccc([C](=[Zr+2])c2ccc(C)cc2)cc1.[Cl-].[Cl-].c1ccc2c(c1)[cH-]c1ccccc12. The molecule has 1 aliphatic rings. The summed E-state index contributed by atoms with van der Waals surface area (Å²) < 4.78 is 1.42. The van der Waals surface area contributed by atoms with Gasteiger partial charge in [-0.1, -0.05) is 88.8 Å². The number of fused-ring (bicyclic) bond motifs is 3. The topological polar surface area (TPSA) is 0 Å². The van der Waals surface area contributed by atoms with Gasteiger partial charge in [0.15, 0.2) is 0 Å². The van der Waals surface area contributed by atoms with E-state index in [1.165, 1.54) is 82.4 Å². The number of halogens is 2. The third-order valence-corrected chi connectivity index (χ3v) is 8.93. The molecule has 6 rings (SSSR count). The van der Waals surface area contributed by atoms with Gasteiger partial charge in [0.25, 0.3) is 0 Å². The van der Waals surface area contributed by atoms with Crippen molar-refractivity contribution in [2.45, 2.75) is 54.9 Å². The summed E-state index contributed by atoms with van der Waals surface area (Å²) in [4.78, 5) is 0. The Bertz CT molecular complexity index is 1580. The predicted molar refractivity (Wildman–Crippen MR) is 176 cm³/mol. The van der Waals surface area contributed by atoms with Gasteiger partial charge in [-0.3, -0.25) is 6.08 Å². The molecule has 0 heterocycles. The van der Waals surface area contributed by atoms with Crippen LogP contribution in [0.2, 0.25) is 0 Å². The normalized spacial score (nSPS) is 13.8. The van der Waals surface area contributed by atoms with Gasteiger partial charge < -0.3 is 24.8 Å². The standard InChI is InChI=1S/C15H14.C13H9.C12H19.2ClH.Zr/c1-12-3-7-14(8-4-12)11-15-9-5-13(2)6-10-15;1-3-7-12-10(5-1)9-11-6-2-4-8-13(11)12;1-6-10-7-9(2)8-11(10)12(3,4)5;;;/h3-10H,1-2H3;1-9H;8-9H,6H2,1-5H3;2*1H;/q;2*-1;;;+2/p-2. The Morgan fingerprint density at radius 3 is 1.51 bits per heavy atom. The summed E-state index contributed by atoms with van der Waals surface area (Å²) in [7, 11) is 0. The molecule has 0 nitrogen and oxygen atoms in total. The molecule has 0 radical (unpaired) electrons. The molecule has 0 saturated carbocycles. The van der Waals surface area contributed by atoms with Crippen molar-refractivity contribution >= 4 is 24.8 Å². The number of allylic oxidation sites excluding steroid dienone is 4. The van der Waals surface area contributed by atoms with Gasteiger partial charge in [0, 0.05) is 0 Å². The maximum Gasteiger partial charge on any atom is -0.0771 e. The van der Waals surface area contributed by atoms with Crippen LogP contribution in [-0.2, 0) is 24.2 Å². The van der Waals surface area contributed by atoms with E-state index < -0.39 is 0 Å². The average Bonchev–Trinajstić information content (AvgIpc) is 3.54. The molecular weight excluding hydrogens is 643 g/mol. The minimum atomic E-state index is 0. The summed E-state index contributed by atoms with van der Waals surface area (Å²) in [6, 6.07) is 36.8. The first kappa shape index (κ1) is 36.8. The maximum atomic E-state index is 3.48. The van der Waals surface area contributed by atoms with Gasteiger partial charge in [-0.25, -0.2) is 5.57 Å². The number of benzene rings is 4. The molecule has 222 valence electrons. The van der Waals surface area contributed by atoms with Gasteiger partial charge in [-0.15, -0.1) is 39.7 Å². The Kier molecular flexibility index (Phi) is 14.2. The quantitative estimate of drug-likeness (QED) is 0.238. The first-order valence-electron chi connectivity index (χ1n) is 14.7. The minimum Gasteiger partial charge on any atom is -1.00 e. The van der Waals surface area contributed by atoms with Crippen LogP contribution in [0.4, 0.5) is 0 Å². The van der Waals surface area contributed by atoms with E-state index in [-0.39, 0.29) is 24.8 Å². The Morgan fingerprint density at radius 1 is 0.721 bits per heavy atom. The molecule has 43 heavy (non-hydrogen) atoms. The van der Waals surface area contributed by atoms with Crippen molar-refractivity contribution in [3.8, 4) is 0 Å². The Hall–Kier alpha value is -2.44. The fraction of sp³-hybridized carbons (Fsp3) is 0.250. The number of rotatable bonds is 3.